The van der Waals surface area contributed by atoms with Crippen LogP contribution in [0.5, 0.6) is 0 Å². The van der Waals surface area contributed by atoms with Gasteiger partial charge in [0.1, 0.15) is 10.1 Å². The van der Waals surface area contributed by atoms with Gasteiger partial charge in [0.05, 0.1) is 5.69 Å². The van der Waals surface area contributed by atoms with E-state index in [4.69, 9.17) is 11.7 Å². The number of hydrogen-bond donors (Lipinski definition) is 0. The van der Waals surface area contributed by atoms with Crippen molar-refractivity contribution in [1.29, 1.82) is 5.26 Å². The van der Waals surface area contributed by atoms with Gasteiger partial charge >= 0.3 is 0 Å². The predicted octanol–water partition coefficient (Wildman–Crippen LogP) is 3.12. The number of thiocyanates is 1. The first-order valence-corrected chi connectivity index (χ1v) is 6.63. The maximum Gasteiger partial charge on any atom is 0.141 e. The summed E-state index contributed by atoms with van der Waals surface area (Å²) in [5.41, 5.74) is 1.19. The van der Waals surface area contributed by atoms with E-state index < -0.39 is 0 Å². The van der Waals surface area contributed by atoms with Gasteiger partial charge in [-0.05, 0) is 23.9 Å². The average Bonchev–Trinajstić information content (AvgIpc) is 2.65. The second kappa shape index (κ2) is 5.21. The zero-order valence-electron chi connectivity index (χ0n) is 8.59. The SMILES string of the molecule is C#CCCN1c2ccccc2SC1SC#N. The Morgan fingerprint density at radius 1 is 1.50 bits per heavy atom. The van der Waals surface area contributed by atoms with Gasteiger partial charge in [0, 0.05) is 17.9 Å². The van der Waals surface area contributed by atoms with Crippen LogP contribution in [-0.4, -0.2) is 11.3 Å². The molecule has 1 atom stereocenters. The van der Waals surface area contributed by atoms with Gasteiger partial charge < -0.3 is 4.90 Å². The summed E-state index contributed by atoms with van der Waals surface area (Å²) >= 11 is 3.00. The average molecular weight is 246 g/mol. The Balaban J connectivity index is 2.22. The smallest absolute Gasteiger partial charge is 0.141 e. The molecule has 1 unspecified atom stereocenters. The third kappa shape index (κ3) is 2.14. The highest BCUT2D eigenvalue weighted by Crippen LogP contribution is 2.47. The van der Waals surface area contributed by atoms with Gasteiger partial charge in [-0.25, -0.2) is 0 Å². The first-order valence-electron chi connectivity index (χ1n) is 4.87. The fraction of sp³-hybridized carbons (Fsp3) is 0.250. The number of nitrogens with zero attached hydrogens (tertiary/aromatic N) is 2. The van der Waals surface area contributed by atoms with Crippen molar-refractivity contribution in [3.05, 3.63) is 24.3 Å². The molecule has 1 heterocycles. The van der Waals surface area contributed by atoms with Gasteiger partial charge in [-0.2, -0.15) is 5.26 Å². The Morgan fingerprint density at radius 2 is 2.31 bits per heavy atom. The molecule has 2 nitrogen and oxygen atoms in total. The quantitative estimate of drug-likeness (QED) is 0.605. The van der Waals surface area contributed by atoms with Crippen molar-refractivity contribution >= 4 is 29.2 Å². The molecule has 80 valence electrons. The normalized spacial score (nSPS) is 17.6. The first-order chi connectivity index (χ1) is 7.86. The number of nitriles is 1. The lowest BCUT2D eigenvalue weighted by Gasteiger charge is -2.22. The third-order valence-corrected chi connectivity index (χ3v) is 4.50. The Morgan fingerprint density at radius 3 is 3.06 bits per heavy atom. The maximum absolute atomic E-state index is 8.78. The molecule has 1 aromatic rings. The standard InChI is InChI=1S/C12H10N2S2/c1-2-3-8-14-10-6-4-5-7-11(10)16-12(14)15-9-13/h1,4-7,12H,3,8H2. The van der Waals surface area contributed by atoms with E-state index in [0.717, 1.165) is 6.54 Å². The fourth-order valence-electron chi connectivity index (χ4n) is 1.62. The molecule has 0 saturated carbocycles. The molecule has 0 fully saturated rings. The Labute approximate surface area is 104 Å². The molecule has 1 aliphatic heterocycles. The van der Waals surface area contributed by atoms with Gasteiger partial charge in [0.25, 0.3) is 0 Å². The summed E-state index contributed by atoms with van der Waals surface area (Å²) in [6.45, 7) is 0.805. The maximum atomic E-state index is 8.78. The minimum Gasteiger partial charge on any atom is -0.348 e. The molecule has 0 aromatic heterocycles. The van der Waals surface area contributed by atoms with Crippen LogP contribution >= 0.6 is 23.5 Å². The van der Waals surface area contributed by atoms with Gasteiger partial charge in [0.2, 0.25) is 0 Å². The monoisotopic (exact) mass is 246 g/mol. The van der Waals surface area contributed by atoms with Crippen molar-refractivity contribution in [1.82, 2.24) is 0 Å². The molecule has 0 aliphatic carbocycles. The molecule has 1 aliphatic rings. The minimum absolute atomic E-state index is 0.135. The summed E-state index contributed by atoms with van der Waals surface area (Å²) in [5, 5.41) is 10.9. The lowest BCUT2D eigenvalue weighted by Crippen LogP contribution is -2.27. The molecule has 0 bridgehead atoms. The van der Waals surface area contributed by atoms with E-state index in [-0.39, 0.29) is 4.71 Å². The van der Waals surface area contributed by atoms with Crippen LogP contribution in [0.25, 0.3) is 0 Å². The van der Waals surface area contributed by atoms with Gasteiger partial charge in [-0.15, -0.1) is 12.3 Å². The van der Waals surface area contributed by atoms with Gasteiger partial charge in [0.15, 0.2) is 0 Å². The van der Waals surface area contributed by atoms with Crippen molar-refractivity contribution in [2.75, 3.05) is 11.4 Å². The minimum atomic E-state index is 0.135. The van der Waals surface area contributed by atoms with E-state index in [9.17, 15) is 0 Å². The highest BCUT2D eigenvalue weighted by molar-refractivity contribution is 8.19. The summed E-state index contributed by atoms with van der Waals surface area (Å²) in [4.78, 5) is 3.43. The van der Waals surface area contributed by atoms with Crippen molar-refractivity contribution in [3.63, 3.8) is 0 Å². The number of terminal acetylenes is 1. The van der Waals surface area contributed by atoms with E-state index >= 15 is 0 Å². The zero-order chi connectivity index (χ0) is 11.4. The number of thioether (sulfide) groups is 2. The summed E-state index contributed by atoms with van der Waals surface area (Å²) in [6, 6.07) is 8.20. The summed E-state index contributed by atoms with van der Waals surface area (Å²) in [6.07, 6.45) is 6.00. The highest BCUT2D eigenvalue weighted by atomic mass is 32.2. The molecule has 0 radical (unpaired) electrons. The van der Waals surface area contributed by atoms with Crippen LogP contribution in [0.15, 0.2) is 29.2 Å². The molecule has 0 spiro atoms. The lowest BCUT2D eigenvalue weighted by molar-refractivity contribution is 0.879. The fourth-order valence-corrected chi connectivity index (χ4v) is 3.72. The number of rotatable bonds is 3. The summed E-state index contributed by atoms with van der Waals surface area (Å²) in [7, 11) is 0. The van der Waals surface area contributed by atoms with Gasteiger partial charge in [-0.1, -0.05) is 23.9 Å². The molecular weight excluding hydrogens is 236 g/mol. The van der Waals surface area contributed by atoms with Crippen LogP contribution < -0.4 is 4.90 Å². The second-order valence-electron chi connectivity index (χ2n) is 3.25. The van der Waals surface area contributed by atoms with Crippen molar-refractivity contribution in [2.24, 2.45) is 0 Å². The molecule has 2 rings (SSSR count). The van der Waals surface area contributed by atoms with E-state index in [2.05, 4.69) is 28.4 Å². The Kier molecular flexibility index (Phi) is 3.66. The molecule has 1 aromatic carbocycles. The molecule has 0 saturated heterocycles. The van der Waals surface area contributed by atoms with Crippen molar-refractivity contribution < 1.29 is 0 Å². The Bertz CT molecular complexity index is 459. The van der Waals surface area contributed by atoms with Crippen LogP contribution in [0.3, 0.4) is 0 Å². The molecule has 4 heteroatoms. The van der Waals surface area contributed by atoms with Crippen LogP contribution in [0.2, 0.25) is 0 Å². The number of hydrogen-bond acceptors (Lipinski definition) is 4. The first kappa shape index (κ1) is 11.3. The Hall–Kier alpha value is -1.23. The van der Waals surface area contributed by atoms with E-state index in [1.165, 1.54) is 22.3 Å². The number of benzene rings is 1. The lowest BCUT2D eigenvalue weighted by atomic mass is 10.3. The summed E-state index contributed by atoms with van der Waals surface area (Å²) < 4.78 is 0.135. The summed E-state index contributed by atoms with van der Waals surface area (Å²) in [5.74, 6) is 2.64. The second-order valence-corrected chi connectivity index (χ2v) is 5.53. The van der Waals surface area contributed by atoms with E-state index in [0.29, 0.717) is 6.42 Å². The van der Waals surface area contributed by atoms with Crippen LogP contribution in [0.4, 0.5) is 5.69 Å². The third-order valence-electron chi connectivity index (χ3n) is 2.31. The predicted molar refractivity (Wildman–Crippen MR) is 70.1 cm³/mol. The van der Waals surface area contributed by atoms with Crippen molar-refractivity contribution in [3.8, 4) is 17.7 Å². The molecule has 0 N–H and O–H groups in total. The van der Waals surface area contributed by atoms with E-state index in [1.54, 1.807) is 11.8 Å². The largest absolute Gasteiger partial charge is 0.348 e. The molecule has 0 amide bonds. The van der Waals surface area contributed by atoms with Crippen molar-refractivity contribution in [2.45, 2.75) is 16.0 Å². The van der Waals surface area contributed by atoms with Crippen LogP contribution in [0.1, 0.15) is 6.42 Å². The topological polar surface area (TPSA) is 27.0 Å². The number of para-hydroxylation sites is 1. The highest BCUT2D eigenvalue weighted by Gasteiger charge is 2.29. The number of anilines is 1. The van der Waals surface area contributed by atoms with Crippen LogP contribution in [0, 0.1) is 23.0 Å². The van der Waals surface area contributed by atoms with Crippen LogP contribution in [-0.2, 0) is 0 Å². The van der Waals surface area contributed by atoms with E-state index in [1.807, 2.05) is 12.1 Å². The number of fused-ring (bicyclic) bond motifs is 1. The zero-order valence-corrected chi connectivity index (χ0v) is 10.2. The molecule has 16 heavy (non-hydrogen) atoms. The molecular formula is C12H10N2S2. The van der Waals surface area contributed by atoms with Gasteiger partial charge in [-0.3, -0.25) is 0 Å².